The molecule has 3 amide bonds. The minimum atomic E-state index is -1.20. The summed E-state index contributed by atoms with van der Waals surface area (Å²) in [5, 5.41) is 18.3. The van der Waals surface area contributed by atoms with Crippen LogP contribution in [0.3, 0.4) is 0 Å². The highest BCUT2D eigenvalue weighted by Crippen LogP contribution is 2.19. The van der Waals surface area contributed by atoms with Crippen molar-refractivity contribution in [2.45, 2.75) is 58.3 Å². The lowest BCUT2D eigenvalue weighted by atomic mass is 10.0. The lowest BCUT2D eigenvalue weighted by Gasteiger charge is -2.27. The van der Waals surface area contributed by atoms with Crippen molar-refractivity contribution >= 4 is 47.2 Å². The molecule has 0 radical (unpaired) electrons. The Morgan fingerprint density at radius 2 is 1.57 bits per heavy atom. The maximum Gasteiger partial charge on any atom is 0.326 e. The Morgan fingerprint density at radius 3 is 2.14 bits per heavy atom. The second-order valence-corrected chi connectivity index (χ2v) is 9.57. The third-order valence-corrected chi connectivity index (χ3v) is 6.16. The van der Waals surface area contributed by atoms with Gasteiger partial charge in [0, 0.05) is 29.3 Å². The number of hydrogen-bond donors (Lipinski definition) is 7. The van der Waals surface area contributed by atoms with Gasteiger partial charge < -0.3 is 31.8 Å². The normalized spacial score (nSPS) is 14.9. The van der Waals surface area contributed by atoms with Gasteiger partial charge in [0.2, 0.25) is 17.7 Å². The number of fused-ring (bicyclic) bond motifs is 1. The van der Waals surface area contributed by atoms with Crippen LogP contribution >= 0.6 is 12.6 Å². The molecule has 4 unspecified atom stereocenters. The molecule has 0 bridgehead atoms. The Bertz CT molecular complexity index is 1050. The van der Waals surface area contributed by atoms with Gasteiger partial charge in [0.15, 0.2) is 0 Å². The predicted octanol–water partition coefficient (Wildman–Crippen LogP) is 0.819. The molecule has 0 aliphatic carbocycles. The van der Waals surface area contributed by atoms with E-state index in [0.29, 0.717) is 0 Å². The number of carboxylic acids is 1. The zero-order valence-electron chi connectivity index (χ0n) is 20.4. The first-order valence-corrected chi connectivity index (χ1v) is 12.1. The lowest BCUT2D eigenvalue weighted by Crippen LogP contribution is -2.59. The molecule has 10 nitrogen and oxygen atoms in total. The molecule has 0 spiro atoms. The Kier molecular flexibility index (Phi) is 10.1. The van der Waals surface area contributed by atoms with Gasteiger partial charge in [-0.25, -0.2) is 4.79 Å². The van der Waals surface area contributed by atoms with E-state index < -0.39 is 47.9 Å². The standard InChI is InChI=1S/C24H35N5O5S/c1-12(2)19(25)22(31)28-18(11-35)21(30)29-20(13(3)4)23(32)27-17(24(33)34)9-14-10-26-16-8-6-5-7-15(14)16/h5-8,10,12-13,17-20,26,35H,9,11,25H2,1-4H3,(H,27,32)(H,28,31)(H,29,30)(H,33,34). The number of H-pyrrole nitrogens is 1. The molecule has 11 heteroatoms. The van der Waals surface area contributed by atoms with Gasteiger partial charge in [-0.15, -0.1) is 0 Å². The summed E-state index contributed by atoms with van der Waals surface area (Å²) >= 11 is 4.14. The summed E-state index contributed by atoms with van der Waals surface area (Å²) in [6.45, 7) is 7.02. The predicted molar refractivity (Wildman–Crippen MR) is 137 cm³/mol. The summed E-state index contributed by atoms with van der Waals surface area (Å²) in [5.41, 5.74) is 7.45. The zero-order valence-corrected chi connectivity index (χ0v) is 21.3. The Hall–Kier alpha value is -3.05. The van der Waals surface area contributed by atoms with E-state index in [9.17, 15) is 24.3 Å². The third-order valence-electron chi connectivity index (χ3n) is 5.80. The number of thiol groups is 1. The molecule has 4 atom stereocenters. The van der Waals surface area contributed by atoms with E-state index in [1.165, 1.54) is 0 Å². The maximum absolute atomic E-state index is 13.0. The van der Waals surface area contributed by atoms with E-state index in [-0.39, 0.29) is 24.0 Å². The van der Waals surface area contributed by atoms with E-state index >= 15 is 0 Å². The van der Waals surface area contributed by atoms with Crippen molar-refractivity contribution in [3.63, 3.8) is 0 Å². The summed E-state index contributed by atoms with van der Waals surface area (Å²) < 4.78 is 0. The molecule has 2 aromatic rings. The molecule has 1 aromatic heterocycles. The maximum atomic E-state index is 13.0. The van der Waals surface area contributed by atoms with Gasteiger partial charge in [-0.2, -0.15) is 12.6 Å². The quantitative estimate of drug-likeness (QED) is 0.211. The Labute approximate surface area is 210 Å². The monoisotopic (exact) mass is 505 g/mol. The number of amides is 3. The zero-order chi connectivity index (χ0) is 26.3. The molecular weight excluding hydrogens is 470 g/mol. The van der Waals surface area contributed by atoms with Crippen molar-refractivity contribution in [3.8, 4) is 0 Å². The van der Waals surface area contributed by atoms with Gasteiger partial charge in [0.05, 0.1) is 6.04 Å². The number of benzene rings is 1. The molecule has 1 aromatic carbocycles. The highest BCUT2D eigenvalue weighted by atomic mass is 32.1. The molecule has 0 fully saturated rings. The first-order chi connectivity index (χ1) is 16.5. The van der Waals surface area contributed by atoms with Gasteiger partial charge in [-0.05, 0) is 23.5 Å². The Balaban J connectivity index is 2.11. The van der Waals surface area contributed by atoms with Crippen molar-refractivity contribution in [3.05, 3.63) is 36.0 Å². The number of nitrogens with one attached hydrogen (secondary N) is 4. The minimum Gasteiger partial charge on any atom is -0.480 e. The third kappa shape index (κ3) is 7.46. The fourth-order valence-corrected chi connectivity index (χ4v) is 3.79. The van der Waals surface area contributed by atoms with Gasteiger partial charge in [0.25, 0.3) is 0 Å². The molecule has 7 N–H and O–H groups in total. The van der Waals surface area contributed by atoms with Crippen LogP contribution in [0.5, 0.6) is 0 Å². The number of para-hydroxylation sites is 1. The van der Waals surface area contributed by atoms with Crippen LogP contribution in [0, 0.1) is 11.8 Å². The van der Waals surface area contributed by atoms with Gasteiger partial charge in [-0.1, -0.05) is 45.9 Å². The van der Waals surface area contributed by atoms with E-state index in [1.54, 1.807) is 33.9 Å². The van der Waals surface area contributed by atoms with Gasteiger partial charge in [-0.3, -0.25) is 14.4 Å². The molecule has 0 saturated carbocycles. The van der Waals surface area contributed by atoms with Gasteiger partial charge >= 0.3 is 5.97 Å². The van der Waals surface area contributed by atoms with Crippen LogP contribution in [0.4, 0.5) is 0 Å². The summed E-state index contributed by atoms with van der Waals surface area (Å²) in [6, 6.07) is 3.43. The summed E-state index contributed by atoms with van der Waals surface area (Å²) in [6.07, 6.45) is 1.78. The van der Waals surface area contributed by atoms with Crippen LogP contribution in [0.15, 0.2) is 30.5 Å². The van der Waals surface area contributed by atoms with Crippen LogP contribution in [0.1, 0.15) is 33.3 Å². The lowest BCUT2D eigenvalue weighted by molar-refractivity contribution is -0.142. The number of aromatic nitrogens is 1. The number of carbonyl (C=O) groups excluding carboxylic acids is 3. The number of nitrogens with two attached hydrogens (primary N) is 1. The van der Waals surface area contributed by atoms with Crippen LogP contribution in [-0.4, -0.2) is 63.7 Å². The van der Waals surface area contributed by atoms with Gasteiger partial charge in [0.1, 0.15) is 18.1 Å². The summed E-state index contributed by atoms with van der Waals surface area (Å²) in [7, 11) is 0. The van der Waals surface area contributed by atoms with Crippen LogP contribution in [0.25, 0.3) is 10.9 Å². The smallest absolute Gasteiger partial charge is 0.326 e. The van der Waals surface area contributed by atoms with E-state index in [0.717, 1.165) is 16.5 Å². The number of aliphatic carboxylic acids is 1. The van der Waals surface area contributed by atoms with Crippen molar-refractivity contribution in [2.75, 3.05) is 5.75 Å². The molecule has 0 aliphatic heterocycles. The van der Waals surface area contributed by atoms with Crippen LogP contribution < -0.4 is 21.7 Å². The van der Waals surface area contributed by atoms with Crippen LogP contribution in [-0.2, 0) is 25.6 Å². The second kappa shape index (κ2) is 12.6. The number of carbonyl (C=O) groups is 4. The molecule has 35 heavy (non-hydrogen) atoms. The summed E-state index contributed by atoms with van der Waals surface area (Å²) in [5.74, 6) is -3.42. The second-order valence-electron chi connectivity index (χ2n) is 9.21. The molecule has 192 valence electrons. The largest absolute Gasteiger partial charge is 0.480 e. The van der Waals surface area contributed by atoms with E-state index in [4.69, 9.17) is 5.73 Å². The number of rotatable bonds is 12. The highest BCUT2D eigenvalue weighted by molar-refractivity contribution is 7.80. The molecule has 2 rings (SSSR count). The Morgan fingerprint density at radius 1 is 0.943 bits per heavy atom. The van der Waals surface area contributed by atoms with E-state index in [2.05, 4.69) is 33.6 Å². The van der Waals surface area contributed by atoms with Crippen molar-refractivity contribution in [2.24, 2.45) is 17.6 Å². The topological polar surface area (TPSA) is 166 Å². The molecular formula is C24H35N5O5S. The van der Waals surface area contributed by atoms with Crippen molar-refractivity contribution < 1.29 is 24.3 Å². The van der Waals surface area contributed by atoms with Crippen LogP contribution in [0.2, 0.25) is 0 Å². The average Bonchev–Trinajstić information content (AvgIpc) is 3.21. The SMILES string of the molecule is CC(C)C(N)C(=O)NC(CS)C(=O)NC(C(=O)NC(Cc1c[nH]c2ccccc12)C(=O)O)C(C)C. The fourth-order valence-electron chi connectivity index (χ4n) is 3.54. The van der Waals surface area contributed by atoms with Crippen molar-refractivity contribution in [1.82, 2.24) is 20.9 Å². The number of hydrogen-bond acceptors (Lipinski definition) is 6. The number of carboxylic acid groups (broad SMARTS) is 1. The minimum absolute atomic E-state index is 0.00681. The fraction of sp³-hybridized carbons (Fsp3) is 0.500. The first-order valence-electron chi connectivity index (χ1n) is 11.5. The molecule has 0 saturated heterocycles. The molecule has 0 aliphatic rings. The summed E-state index contributed by atoms with van der Waals surface area (Å²) in [4.78, 5) is 53.2. The first kappa shape index (κ1) is 28.2. The van der Waals surface area contributed by atoms with Crippen molar-refractivity contribution in [1.29, 1.82) is 0 Å². The average molecular weight is 506 g/mol. The molecule has 1 heterocycles. The van der Waals surface area contributed by atoms with E-state index in [1.807, 2.05) is 24.3 Å². The highest BCUT2D eigenvalue weighted by Gasteiger charge is 2.32. The number of aromatic amines is 1.